The molecule has 1 saturated heterocycles. The molecule has 0 aromatic heterocycles. The van der Waals surface area contributed by atoms with Gasteiger partial charge in [-0.3, -0.25) is 9.69 Å². The van der Waals surface area contributed by atoms with Crippen LogP contribution in [0.5, 0.6) is 0 Å². The lowest BCUT2D eigenvalue weighted by Gasteiger charge is -2.32. The number of rotatable bonds is 1. The normalized spacial score (nSPS) is 25.1. The van der Waals surface area contributed by atoms with Crippen molar-refractivity contribution in [3.63, 3.8) is 0 Å². The molecule has 2 nitrogen and oxygen atoms in total. The number of ketones is 1. The fraction of sp³-hybridized carbons (Fsp3) is 0.400. The van der Waals surface area contributed by atoms with Gasteiger partial charge in [-0.1, -0.05) is 37.3 Å². The molecular weight excluding hydrogens is 210 g/mol. The first kappa shape index (κ1) is 10.7. The predicted octanol–water partition coefficient (Wildman–Crippen LogP) is 2.97. The Morgan fingerprint density at radius 1 is 1.12 bits per heavy atom. The van der Waals surface area contributed by atoms with Crippen molar-refractivity contribution in [3.05, 3.63) is 47.5 Å². The summed E-state index contributed by atoms with van der Waals surface area (Å²) in [6.07, 6.45) is 3.78. The monoisotopic (exact) mass is 227 g/mol. The van der Waals surface area contributed by atoms with E-state index in [0.29, 0.717) is 0 Å². The minimum Gasteiger partial charge on any atom is -0.292 e. The number of nitrogens with zero attached hydrogens (tertiary/aromatic N) is 1. The lowest BCUT2D eigenvalue weighted by molar-refractivity contribution is 0.102. The summed E-state index contributed by atoms with van der Waals surface area (Å²) >= 11 is 0. The summed E-state index contributed by atoms with van der Waals surface area (Å²) < 4.78 is 0. The van der Waals surface area contributed by atoms with Crippen molar-refractivity contribution in [2.45, 2.75) is 25.3 Å². The molecule has 0 spiro atoms. The van der Waals surface area contributed by atoms with Gasteiger partial charge in [0.2, 0.25) is 0 Å². The Bertz CT molecular complexity index is 472. The number of piperidine rings is 1. The van der Waals surface area contributed by atoms with Crippen molar-refractivity contribution in [3.8, 4) is 0 Å². The van der Waals surface area contributed by atoms with E-state index in [-0.39, 0.29) is 11.8 Å². The molecule has 1 aromatic carbocycles. The van der Waals surface area contributed by atoms with Gasteiger partial charge in [-0.25, -0.2) is 0 Å². The van der Waals surface area contributed by atoms with E-state index >= 15 is 0 Å². The predicted molar refractivity (Wildman–Crippen MR) is 68.1 cm³/mol. The number of hydrogen-bond acceptors (Lipinski definition) is 2. The van der Waals surface area contributed by atoms with Crippen molar-refractivity contribution in [1.29, 1.82) is 0 Å². The number of carbonyl (C=O) groups excluding carboxylic acids is 1. The first-order valence-electron chi connectivity index (χ1n) is 6.35. The zero-order valence-corrected chi connectivity index (χ0v) is 9.98. The van der Waals surface area contributed by atoms with E-state index in [2.05, 4.69) is 17.5 Å². The van der Waals surface area contributed by atoms with Crippen molar-refractivity contribution in [2.75, 3.05) is 13.1 Å². The van der Waals surface area contributed by atoms with Crippen LogP contribution < -0.4 is 0 Å². The summed E-state index contributed by atoms with van der Waals surface area (Å²) in [6.45, 7) is 6.19. The van der Waals surface area contributed by atoms with Gasteiger partial charge in [-0.15, -0.1) is 0 Å². The molecule has 1 atom stereocenters. The average Bonchev–Trinajstić information content (AvgIpc) is 2.64. The first-order chi connectivity index (χ1) is 8.29. The highest BCUT2D eigenvalue weighted by atomic mass is 16.1. The SMILES string of the molecule is C=C1C(=O)c2ccccc2C1N1CCCCC1. The van der Waals surface area contributed by atoms with Gasteiger partial charge < -0.3 is 0 Å². The second-order valence-electron chi connectivity index (χ2n) is 4.94. The summed E-state index contributed by atoms with van der Waals surface area (Å²) in [4.78, 5) is 14.5. The largest absolute Gasteiger partial charge is 0.292 e. The quantitative estimate of drug-likeness (QED) is 0.687. The van der Waals surface area contributed by atoms with Crippen LogP contribution in [-0.4, -0.2) is 23.8 Å². The number of hydrogen-bond donors (Lipinski definition) is 0. The van der Waals surface area contributed by atoms with E-state index in [4.69, 9.17) is 0 Å². The fourth-order valence-electron chi connectivity index (χ4n) is 3.02. The molecule has 0 amide bonds. The fourth-order valence-corrected chi connectivity index (χ4v) is 3.02. The van der Waals surface area contributed by atoms with Crippen LogP contribution in [0.3, 0.4) is 0 Å². The molecule has 2 aliphatic rings. The van der Waals surface area contributed by atoms with Crippen molar-refractivity contribution >= 4 is 5.78 Å². The third-order valence-electron chi connectivity index (χ3n) is 3.88. The van der Waals surface area contributed by atoms with Crippen molar-refractivity contribution < 1.29 is 4.79 Å². The van der Waals surface area contributed by atoms with Gasteiger partial charge >= 0.3 is 0 Å². The topological polar surface area (TPSA) is 20.3 Å². The van der Waals surface area contributed by atoms with Crippen LogP contribution in [0.25, 0.3) is 0 Å². The van der Waals surface area contributed by atoms with E-state index in [1.807, 2.05) is 18.2 Å². The van der Waals surface area contributed by atoms with Gasteiger partial charge in [0, 0.05) is 11.1 Å². The molecule has 1 fully saturated rings. The third-order valence-corrected chi connectivity index (χ3v) is 3.88. The molecule has 0 N–H and O–H groups in total. The first-order valence-corrected chi connectivity index (χ1v) is 6.35. The minimum absolute atomic E-state index is 0.135. The van der Waals surface area contributed by atoms with Gasteiger partial charge in [-0.2, -0.15) is 0 Å². The van der Waals surface area contributed by atoms with E-state index in [1.165, 1.54) is 19.3 Å². The molecule has 1 unspecified atom stereocenters. The highest BCUT2D eigenvalue weighted by molar-refractivity contribution is 6.13. The smallest absolute Gasteiger partial charge is 0.190 e. The van der Waals surface area contributed by atoms with Gasteiger partial charge in [0.25, 0.3) is 0 Å². The Labute approximate surface area is 102 Å². The Hall–Kier alpha value is -1.41. The summed E-state index contributed by atoms with van der Waals surface area (Å²) in [6, 6.07) is 8.08. The van der Waals surface area contributed by atoms with Gasteiger partial charge in [0.15, 0.2) is 5.78 Å². The maximum absolute atomic E-state index is 12.1. The number of benzene rings is 1. The Morgan fingerprint density at radius 3 is 2.59 bits per heavy atom. The van der Waals surface area contributed by atoms with E-state index in [0.717, 1.165) is 29.8 Å². The standard InChI is InChI=1S/C15H17NO/c1-11-14(16-9-5-2-6-10-16)12-7-3-4-8-13(12)15(11)17/h3-4,7-8,14H,1-2,5-6,9-10H2. The van der Waals surface area contributed by atoms with Crippen LogP contribution in [0.2, 0.25) is 0 Å². The van der Waals surface area contributed by atoms with Crippen LogP contribution in [-0.2, 0) is 0 Å². The summed E-state index contributed by atoms with van der Waals surface area (Å²) in [5.41, 5.74) is 2.77. The molecule has 0 saturated carbocycles. The minimum atomic E-state index is 0.135. The molecular formula is C15H17NO. The molecule has 0 bridgehead atoms. The summed E-state index contributed by atoms with van der Waals surface area (Å²) in [7, 11) is 0. The number of fused-ring (bicyclic) bond motifs is 1. The molecule has 3 rings (SSSR count). The molecule has 1 aliphatic carbocycles. The second kappa shape index (κ2) is 4.11. The molecule has 1 aliphatic heterocycles. The van der Waals surface area contributed by atoms with Crippen LogP contribution >= 0.6 is 0 Å². The Balaban J connectivity index is 1.99. The number of Topliss-reactive ketones (excluding diaryl/α,β-unsaturated/α-hetero) is 1. The molecule has 1 aromatic rings. The molecule has 1 heterocycles. The molecule has 88 valence electrons. The number of likely N-dealkylation sites (tertiary alicyclic amines) is 1. The van der Waals surface area contributed by atoms with Crippen LogP contribution in [0, 0.1) is 0 Å². The summed E-state index contributed by atoms with van der Waals surface area (Å²) in [5.74, 6) is 0.135. The average molecular weight is 227 g/mol. The summed E-state index contributed by atoms with van der Waals surface area (Å²) in [5, 5.41) is 0. The lowest BCUT2D eigenvalue weighted by Crippen LogP contribution is -2.33. The number of carbonyl (C=O) groups is 1. The van der Waals surface area contributed by atoms with E-state index < -0.39 is 0 Å². The van der Waals surface area contributed by atoms with Crippen LogP contribution in [0.1, 0.15) is 41.2 Å². The van der Waals surface area contributed by atoms with E-state index in [1.54, 1.807) is 0 Å². The molecule has 17 heavy (non-hydrogen) atoms. The van der Waals surface area contributed by atoms with Crippen molar-refractivity contribution in [2.24, 2.45) is 0 Å². The zero-order valence-electron chi connectivity index (χ0n) is 9.98. The van der Waals surface area contributed by atoms with Gasteiger partial charge in [0.1, 0.15) is 0 Å². The van der Waals surface area contributed by atoms with Crippen LogP contribution in [0.15, 0.2) is 36.4 Å². The van der Waals surface area contributed by atoms with Crippen LogP contribution in [0.4, 0.5) is 0 Å². The third kappa shape index (κ3) is 1.64. The van der Waals surface area contributed by atoms with Gasteiger partial charge in [-0.05, 0) is 31.5 Å². The molecule has 2 heteroatoms. The second-order valence-corrected chi connectivity index (χ2v) is 4.94. The van der Waals surface area contributed by atoms with Crippen molar-refractivity contribution in [1.82, 2.24) is 4.90 Å². The molecule has 0 radical (unpaired) electrons. The Kier molecular flexibility index (Phi) is 2.60. The van der Waals surface area contributed by atoms with Gasteiger partial charge in [0.05, 0.1) is 6.04 Å². The highest BCUT2D eigenvalue weighted by Gasteiger charge is 2.36. The Morgan fingerprint density at radius 2 is 1.82 bits per heavy atom. The maximum Gasteiger partial charge on any atom is 0.190 e. The zero-order chi connectivity index (χ0) is 11.8. The highest BCUT2D eigenvalue weighted by Crippen LogP contribution is 2.39. The maximum atomic E-state index is 12.1. The lowest BCUT2D eigenvalue weighted by atomic mass is 10.0. The van der Waals surface area contributed by atoms with E-state index in [9.17, 15) is 4.79 Å².